The molecule has 1 aromatic rings. The van der Waals surface area contributed by atoms with E-state index in [4.69, 9.17) is 0 Å². The van der Waals surface area contributed by atoms with Crippen LogP contribution >= 0.6 is 0 Å². The number of rotatable bonds is 2. The standard InChI is InChI=1S/C12H21N3/c1-10(2)15-9-13-14-11(15)12(3)7-5-4-6-8-12/h9-10H,4-8H2,1-3H3. The Morgan fingerprint density at radius 1 is 1.27 bits per heavy atom. The molecule has 2 rings (SSSR count). The molecule has 0 bridgehead atoms. The van der Waals surface area contributed by atoms with Gasteiger partial charge in [-0.05, 0) is 26.7 Å². The predicted molar refractivity (Wildman–Crippen MR) is 60.8 cm³/mol. The minimum absolute atomic E-state index is 0.263. The normalized spacial score (nSPS) is 20.8. The van der Waals surface area contributed by atoms with Gasteiger partial charge in [0, 0.05) is 11.5 Å². The maximum atomic E-state index is 4.35. The van der Waals surface area contributed by atoms with Gasteiger partial charge in [0.2, 0.25) is 0 Å². The summed E-state index contributed by atoms with van der Waals surface area (Å²) >= 11 is 0. The average Bonchev–Trinajstić information content (AvgIpc) is 2.67. The molecule has 0 radical (unpaired) electrons. The van der Waals surface area contributed by atoms with Gasteiger partial charge in [-0.25, -0.2) is 0 Å². The third kappa shape index (κ3) is 1.92. The van der Waals surface area contributed by atoms with Gasteiger partial charge in [0.05, 0.1) is 0 Å². The molecule has 0 unspecified atom stereocenters. The Morgan fingerprint density at radius 3 is 2.53 bits per heavy atom. The molecule has 0 N–H and O–H groups in total. The lowest BCUT2D eigenvalue weighted by molar-refractivity contribution is 0.289. The Kier molecular flexibility index (Phi) is 2.81. The highest BCUT2D eigenvalue weighted by Crippen LogP contribution is 2.38. The number of aromatic nitrogens is 3. The lowest BCUT2D eigenvalue weighted by Crippen LogP contribution is -2.29. The predicted octanol–water partition coefficient (Wildman–Crippen LogP) is 3.08. The van der Waals surface area contributed by atoms with Gasteiger partial charge in [-0.2, -0.15) is 0 Å². The molecule has 1 aliphatic rings. The van der Waals surface area contributed by atoms with Gasteiger partial charge in [-0.1, -0.05) is 26.2 Å². The summed E-state index contributed by atoms with van der Waals surface area (Å²) in [7, 11) is 0. The molecule has 1 aliphatic carbocycles. The van der Waals surface area contributed by atoms with Gasteiger partial charge in [0.25, 0.3) is 0 Å². The third-order valence-electron chi connectivity index (χ3n) is 3.63. The highest BCUT2D eigenvalue weighted by molar-refractivity contribution is 5.08. The molecule has 1 aromatic heterocycles. The minimum Gasteiger partial charge on any atom is -0.315 e. The fourth-order valence-corrected chi connectivity index (χ4v) is 2.61. The monoisotopic (exact) mass is 207 g/mol. The summed E-state index contributed by atoms with van der Waals surface area (Å²) in [6.07, 6.45) is 8.45. The van der Waals surface area contributed by atoms with Crippen LogP contribution in [0.2, 0.25) is 0 Å². The second-order valence-electron chi connectivity index (χ2n) is 5.28. The van der Waals surface area contributed by atoms with E-state index >= 15 is 0 Å². The lowest BCUT2D eigenvalue weighted by Gasteiger charge is -2.33. The summed E-state index contributed by atoms with van der Waals surface area (Å²) in [4.78, 5) is 0. The Bertz CT molecular complexity index is 321. The van der Waals surface area contributed by atoms with Gasteiger partial charge < -0.3 is 4.57 Å². The first-order valence-corrected chi connectivity index (χ1v) is 6.03. The largest absolute Gasteiger partial charge is 0.315 e. The van der Waals surface area contributed by atoms with Crippen LogP contribution in [0.3, 0.4) is 0 Å². The van der Waals surface area contributed by atoms with Gasteiger partial charge in [-0.3, -0.25) is 0 Å². The number of hydrogen-bond acceptors (Lipinski definition) is 2. The molecule has 1 fully saturated rings. The molecule has 0 aliphatic heterocycles. The molecule has 0 amide bonds. The maximum Gasteiger partial charge on any atom is 0.138 e. The van der Waals surface area contributed by atoms with Crippen molar-refractivity contribution in [3.05, 3.63) is 12.2 Å². The van der Waals surface area contributed by atoms with Gasteiger partial charge >= 0.3 is 0 Å². The summed E-state index contributed by atoms with van der Waals surface area (Å²) in [5, 5.41) is 8.42. The summed E-state index contributed by atoms with van der Waals surface area (Å²) in [5.41, 5.74) is 0.263. The van der Waals surface area contributed by atoms with Crippen molar-refractivity contribution in [1.82, 2.24) is 14.8 Å². The lowest BCUT2D eigenvalue weighted by atomic mass is 9.75. The van der Waals surface area contributed by atoms with Crippen LogP contribution in [-0.2, 0) is 5.41 Å². The molecule has 84 valence electrons. The summed E-state index contributed by atoms with van der Waals surface area (Å²) in [6.45, 7) is 6.73. The molecule has 0 spiro atoms. The second-order valence-corrected chi connectivity index (χ2v) is 5.28. The summed E-state index contributed by atoms with van der Waals surface area (Å²) in [5.74, 6) is 1.19. The highest BCUT2D eigenvalue weighted by Gasteiger charge is 2.33. The SMILES string of the molecule is CC(C)n1cnnc1C1(C)CCCCC1. The molecule has 0 saturated heterocycles. The van der Waals surface area contributed by atoms with Crippen LogP contribution in [0, 0.1) is 0 Å². The quantitative estimate of drug-likeness (QED) is 0.746. The van der Waals surface area contributed by atoms with Crippen LogP contribution in [0.4, 0.5) is 0 Å². The molecule has 1 heterocycles. The number of hydrogen-bond donors (Lipinski definition) is 0. The van der Waals surface area contributed by atoms with Gasteiger partial charge in [0.1, 0.15) is 12.2 Å². The fraction of sp³-hybridized carbons (Fsp3) is 0.833. The topological polar surface area (TPSA) is 30.7 Å². The zero-order chi connectivity index (χ0) is 10.9. The number of nitrogens with zero attached hydrogens (tertiary/aromatic N) is 3. The summed E-state index contributed by atoms with van der Waals surface area (Å²) in [6, 6.07) is 0.466. The van der Waals surface area contributed by atoms with Gasteiger partial charge in [0.15, 0.2) is 0 Å². The smallest absolute Gasteiger partial charge is 0.138 e. The Labute approximate surface area is 91.9 Å². The molecule has 0 atom stereocenters. The zero-order valence-electron chi connectivity index (χ0n) is 10.0. The van der Waals surface area contributed by atoms with E-state index in [2.05, 4.69) is 35.5 Å². The van der Waals surface area contributed by atoms with Crippen LogP contribution in [-0.4, -0.2) is 14.8 Å². The van der Waals surface area contributed by atoms with Crippen molar-refractivity contribution in [1.29, 1.82) is 0 Å². The van der Waals surface area contributed by atoms with E-state index in [1.54, 1.807) is 0 Å². The van der Waals surface area contributed by atoms with E-state index in [1.807, 2.05) is 6.33 Å². The van der Waals surface area contributed by atoms with Crippen molar-refractivity contribution >= 4 is 0 Å². The van der Waals surface area contributed by atoms with Gasteiger partial charge in [-0.15, -0.1) is 10.2 Å². The third-order valence-corrected chi connectivity index (χ3v) is 3.63. The van der Waals surface area contributed by atoms with Crippen molar-refractivity contribution in [2.24, 2.45) is 0 Å². The van der Waals surface area contributed by atoms with E-state index in [1.165, 1.54) is 37.9 Å². The van der Waals surface area contributed by atoms with Crippen molar-refractivity contribution in [3.63, 3.8) is 0 Å². The van der Waals surface area contributed by atoms with Crippen LogP contribution in [0.1, 0.15) is 64.7 Å². The molecular weight excluding hydrogens is 186 g/mol. The molecule has 0 aromatic carbocycles. The van der Waals surface area contributed by atoms with E-state index in [0.717, 1.165) is 0 Å². The second kappa shape index (κ2) is 3.95. The molecule has 1 saturated carbocycles. The molecular formula is C12H21N3. The fourth-order valence-electron chi connectivity index (χ4n) is 2.61. The molecule has 15 heavy (non-hydrogen) atoms. The maximum absolute atomic E-state index is 4.35. The van der Waals surface area contributed by atoms with Crippen LogP contribution in [0.5, 0.6) is 0 Å². The highest BCUT2D eigenvalue weighted by atomic mass is 15.3. The van der Waals surface area contributed by atoms with Crippen LogP contribution in [0.25, 0.3) is 0 Å². The van der Waals surface area contributed by atoms with E-state index in [0.29, 0.717) is 6.04 Å². The summed E-state index contributed by atoms with van der Waals surface area (Å²) < 4.78 is 2.23. The minimum atomic E-state index is 0.263. The first-order chi connectivity index (χ1) is 7.13. The van der Waals surface area contributed by atoms with Crippen molar-refractivity contribution < 1.29 is 0 Å². The van der Waals surface area contributed by atoms with Crippen molar-refractivity contribution in [2.45, 2.75) is 64.3 Å². The van der Waals surface area contributed by atoms with Crippen LogP contribution < -0.4 is 0 Å². The molecule has 3 heteroatoms. The molecule has 3 nitrogen and oxygen atoms in total. The Hall–Kier alpha value is -0.860. The Balaban J connectivity index is 2.30. The first-order valence-electron chi connectivity index (χ1n) is 6.03. The Morgan fingerprint density at radius 2 is 1.93 bits per heavy atom. The van der Waals surface area contributed by atoms with E-state index in [-0.39, 0.29) is 5.41 Å². The van der Waals surface area contributed by atoms with E-state index in [9.17, 15) is 0 Å². The first kappa shape index (κ1) is 10.7. The van der Waals surface area contributed by atoms with Crippen molar-refractivity contribution in [3.8, 4) is 0 Å². The van der Waals surface area contributed by atoms with Crippen molar-refractivity contribution in [2.75, 3.05) is 0 Å². The average molecular weight is 207 g/mol. The van der Waals surface area contributed by atoms with Crippen LogP contribution in [0.15, 0.2) is 6.33 Å². The van der Waals surface area contributed by atoms with E-state index < -0.39 is 0 Å². The zero-order valence-corrected chi connectivity index (χ0v) is 10.0.